The fourth-order valence-corrected chi connectivity index (χ4v) is 4.06. The molecule has 0 aliphatic heterocycles. The highest BCUT2D eigenvalue weighted by Gasteiger charge is 2.18. The molecule has 96 valence electrons. The molecule has 0 saturated carbocycles. The molecule has 1 aromatic carbocycles. The number of nitrogens with zero attached hydrogens (tertiary/aromatic N) is 1. The first-order valence-electron chi connectivity index (χ1n) is 4.79. The minimum atomic E-state index is -3.61. The van der Waals surface area contributed by atoms with Gasteiger partial charge in [-0.1, -0.05) is 11.6 Å². The van der Waals surface area contributed by atoms with Crippen LogP contribution in [0.2, 0.25) is 5.02 Å². The van der Waals surface area contributed by atoms with Crippen molar-refractivity contribution in [2.24, 2.45) is 0 Å². The zero-order valence-electron chi connectivity index (χ0n) is 9.15. The number of hydrogen-bond donors (Lipinski definition) is 1. The lowest BCUT2D eigenvalue weighted by Gasteiger charge is -2.08. The number of halogens is 2. The van der Waals surface area contributed by atoms with Gasteiger partial charge in [-0.15, -0.1) is 11.3 Å². The van der Waals surface area contributed by atoms with Gasteiger partial charge in [-0.25, -0.2) is 13.4 Å². The van der Waals surface area contributed by atoms with Crippen LogP contribution in [0, 0.1) is 6.92 Å². The number of rotatable bonds is 3. The van der Waals surface area contributed by atoms with Crippen LogP contribution < -0.4 is 4.72 Å². The molecule has 0 aliphatic rings. The highest BCUT2D eigenvalue weighted by molar-refractivity contribution is 9.10. The largest absolute Gasteiger partial charge is 0.278 e. The Labute approximate surface area is 122 Å². The summed E-state index contributed by atoms with van der Waals surface area (Å²) >= 11 is 10.2. The van der Waals surface area contributed by atoms with Gasteiger partial charge in [-0.2, -0.15) is 0 Å². The highest BCUT2D eigenvalue weighted by atomic mass is 79.9. The Hall–Kier alpha value is -0.630. The van der Waals surface area contributed by atoms with Gasteiger partial charge in [-0.3, -0.25) is 4.72 Å². The molecular formula is C10H8BrClN2O2S2. The Balaban J connectivity index is 2.36. The van der Waals surface area contributed by atoms with Crippen LogP contribution in [-0.2, 0) is 10.0 Å². The summed E-state index contributed by atoms with van der Waals surface area (Å²) in [6, 6.07) is 4.88. The van der Waals surface area contributed by atoms with Gasteiger partial charge in [-0.05, 0) is 41.1 Å². The van der Waals surface area contributed by atoms with E-state index >= 15 is 0 Å². The summed E-state index contributed by atoms with van der Waals surface area (Å²) < 4.78 is 27.4. The summed E-state index contributed by atoms with van der Waals surface area (Å²) in [4.78, 5) is 3.93. The molecule has 1 heterocycles. The number of aromatic nitrogens is 1. The van der Waals surface area contributed by atoms with Crippen LogP contribution in [-0.4, -0.2) is 13.4 Å². The van der Waals surface area contributed by atoms with E-state index in [2.05, 4.69) is 25.6 Å². The third-order valence-corrected chi connectivity index (χ3v) is 5.70. The normalized spacial score (nSPS) is 11.5. The van der Waals surface area contributed by atoms with Gasteiger partial charge >= 0.3 is 0 Å². The molecule has 0 unspecified atom stereocenters. The first-order chi connectivity index (χ1) is 8.38. The molecule has 0 saturated heterocycles. The number of benzene rings is 1. The van der Waals surface area contributed by atoms with Crippen LogP contribution in [0.1, 0.15) is 5.01 Å². The molecule has 0 aliphatic carbocycles. The molecule has 18 heavy (non-hydrogen) atoms. The van der Waals surface area contributed by atoms with Crippen LogP contribution in [0.5, 0.6) is 0 Å². The van der Waals surface area contributed by atoms with Crippen LogP contribution in [0.15, 0.2) is 33.1 Å². The van der Waals surface area contributed by atoms with Crippen molar-refractivity contribution in [1.82, 2.24) is 4.98 Å². The molecule has 8 heteroatoms. The smallest absolute Gasteiger partial charge is 0.273 e. The lowest BCUT2D eigenvalue weighted by Crippen LogP contribution is -2.11. The van der Waals surface area contributed by atoms with Crippen LogP contribution in [0.4, 0.5) is 5.69 Å². The summed E-state index contributed by atoms with van der Waals surface area (Å²) in [5, 5.41) is 1.15. The van der Waals surface area contributed by atoms with Gasteiger partial charge < -0.3 is 0 Å². The second-order valence-electron chi connectivity index (χ2n) is 3.43. The molecule has 0 amide bonds. The van der Waals surface area contributed by atoms with E-state index in [0.717, 1.165) is 11.3 Å². The van der Waals surface area contributed by atoms with Crippen molar-refractivity contribution >= 4 is 54.6 Å². The zero-order valence-corrected chi connectivity index (χ0v) is 13.1. The SMILES string of the molecule is Cc1ncc(S(=O)(=O)Nc2cc(Cl)ccc2Br)s1. The molecule has 0 atom stereocenters. The van der Waals surface area contributed by atoms with Crippen molar-refractivity contribution in [3.63, 3.8) is 0 Å². The number of nitrogens with one attached hydrogen (secondary N) is 1. The first-order valence-corrected chi connectivity index (χ1v) is 8.26. The van der Waals surface area contributed by atoms with Gasteiger partial charge in [0.25, 0.3) is 10.0 Å². The minimum Gasteiger partial charge on any atom is -0.278 e. The van der Waals surface area contributed by atoms with Crippen molar-refractivity contribution < 1.29 is 8.42 Å². The van der Waals surface area contributed by atoms with E-state index in [0.29, 0.717) is 20.2 Å². The molecular weight excluding hydrogens is 360 g/mol. The molecule has 1 N–H and O–H groups in total. The summed E-state index contributed by atoms with van der Waals surface area (Å²) in [6.45, 7) is 1.75. The number of thiazole rings is 1. The third kappa shape index (κ3) is 3.03. The number of anilines is 1. The fourth-order valence-electron chi connectivity index (χ4n) is 1.24. The molecule has 1 aromatic heterocycles. The number of sulfonamides is 1. The average molecular weight is 368 g/mol. The average Bonchev–Trinajstić information content (AvgIpc) is 2.71. The summed E-state index contributed by atoms with van der Waals surface area (Å²) in [5.74, 6) is 0. The summed E-state index contributed by atoms with van der Waals surface area (Å²) in [5.41, 5.74) is 0.397. The van der Waals surface area contributed by atoms with E-state index in [1.165, 1.54) is 12.3 Å². The molecule has 2 aromatic rings. The summed E-state index contributed by atoms with van der Waals surface area (Å²) in [7, 11) is -3.61. The standard InChI is InChI=1S/C10H8BrClN2O2S2/c1-6-13-5-10(17-6)18(15,16)14-9-4-7(12)2-3-8(9)11/h2-5,14H,1H3. The lowest BCUT2D eigenvalue weighted by atomic mass is 10.3. The van der Waals surface area contributed by atoms with Gasteiger partial charge in [0.2, 0.25) is 0 Å². The maximum Gasteiger partial charge on any atom is 0.273 e. The first kappa shape index (κ1) is 13.8. The molecule has 0 radical (unpaired) electrons. The molecule has 0 bridgehead atoms. The second-order valence-corrected chi connectivity index (χ2v) is 7.86. The Morgan fingerprint density at radius 1 is 1.44 bits per heavy atom. The Morgan fingerprint density at radius 2 is 2.17 bits per heavy atom. The van der Waals surface area contributed by atoms with Gasteiger partial charge in [0, 0.05) is 9.50 Å². The molecule has 0 fully saturated rings. The van der Waals surface area contributed by atoms with Crippen molar-refractivity contribution in [3.05, 3.63) is 38.9 Å². The van der Waals surface area contributed by atoms with Crippen LogP contribution in [0.25, 0.3) is 0 Å². The van der Waals surface area contributed by atoms with Crippen molar-refractivity contribution in [2.75, 3.05) is 4.72 Å². The highest BCUT2D eigenvalue weighted by Crippen LogP contribution is 2.29. The number of aryl methyl sites for hydroxylation is 1. The van der Waals surface area contributed by atoms with Gasteiger partial charge in [0.15, 0.2) is 4.21 Å². The van der Waals surface area contributed by atoms with E-state index in [1.807, 2.05) is 0 Å². The van der Waals surface area contributed by atoms with Crippen molar-refractivity contribution in [3.8, 4) is 0 Å². The van der Waals surface area contributed by atoms with E-state index < -0.39 is 10.0 Å². The number of hydrogen-bond acceptors (Lipinski definition) is 4. The predicted molar refractivity (Wildman–Crippen MR) is 76.8 cm³/mol. The van der Waals surface area contributed by atoms with Crippen LogP contribution in [0.3, 0.4) is 0 Å². The Morgan fingerprint density at radius 3 is 2.78 bits per heavy atom. The fraction of sp³-hybridized carbons (Fsp3) is 0.100. The van der Waals surface area contributed by atoms with Gasteiger partial charge in [0.1, 0.15) is 0 Å². The topological polar surface area (TPSA) is 59.1 Å². The Bertz CT molecular complexity index is 685. The van der Waals surface area contributed by atoms with Gasteiger partial charge in [0.05, 0.1) is 16.9 Å². The predicted octanol–water partition coefficient (Wildman–Crippen LogP) is 3.67. The second kappa shape index (κ2) is 5.16. The van der Waals surface area contributed by atoms with Crippen molar-refractivity contribution in [2.45, 2.75) is 11.1 Å². The monoisotopic (exact) mass is 366 g/mol. The van der Waals surface area contributed by atoms with E-state index in [9.17, 15) is 8.42 Å². The lowest BCUT2D eigenvalue weighted by molar-refractivity contribution is 0.603. The summed E-state index contributed by atoms with van der Waals surface area (Å²) in [6.07, 6.45) is 1.33. The Kier molecular flexibility index (Phi) is 3.96. The molecule has 0 spiro atoms. The zero-order chi connectivity index (χ0) is 13.3. The maximum atomic E-state index is 12.1. The quantitative estimate of drug-likeness (QED) is 0.900. The molecule has 4 nitrogen and oxygen atoms in total. The molecule has 2 rings (SSSR count). The van der Waals surface area contributed by atoms with E-state index in [-0.39, 0.29) is 4.21 Å². The van der Waals surface area contributed by atoms with E-state index in [4.69, 9.17) is 11.6 Å². The third-order valence-electron chi connectivity index (χ3n) is 2.04. The maximum absolute atomic E-state index is 12.1. The van der Waals surface area contributed by atoms with Crippen LogP contribution >= 0.6 is 38.9 Å². The minimum absolute atomic E-state index is 0.173. The van der Waals surface area contributed by atoms with Crippen molar-refractivity contribution in [1.29, 1.82) is 0 Å². The van der Waals surface area contributed by atoms with E-state index in [1.54, 1.807) is 19.1 Å².